The molecular formula is C23H26N4O. The summed E-state index contributed by atoms with van der Waals surface area (Å²) in [6, 6.07) is 14.3. The molecule has 0 aromatic heterocycles. The number of ether oxygens (including phenoxy) is 1. The van der Waals surface area contributed by atoms with Gasteiger partial charge in [-0.05, 0) is 51.5 Å². The molecule has 0 bridgehead atoms. The fourth-order valence-electron chi connectivity index (χ4n) is 3.03. The minimum absolute atomic E-state index is 0.619. The van der Waals surface area contributed by atoms with E-state index in [1.165, 1.54) is 12.0 Å². The van der Waals surface area contributed by atoms with Gasteiger partial charge in [-0.2, -0.15) is 0 Å². The molecule has 0 unspecified atom stereocenters. The first-order valence-corrected chi connectivity index (χ1v) is 9.40. The van der Waals surface area contributed by atoms with E-state index in [2.05, 4.69) is 39.4 Å². The minimum atomic E-state index is 0.619. The molecule has 0 radical (unpaired) electrons. The Kier molecular flexibility index (Phi) is 6.37. The third kappa shape index (κ3) is 4.74. The summed E-state index contributed by atoms with van der Waals surface area (Å²) >= 11 is 0. The van der Waals surface area contributed by atoms with Crippen LogP contribution in [0.4, 0.5) is 17.1 Å². The number of aliphatic imine (C=N–C) groups is 3. The number of hydrogen-bond acceptors (Lipinski definition) is 5. The molecule has 5 nitrogen and oxygen atoms in total. The summed E-state index contributed by atoms with van der Waals surface area (Å²) in [5.41, 5.74) is 7.10. The number of hydrogen-bond donors (Lipinski definition) is 1. The summed E-state index contributed by atoms with van der Waals surface area (Å²) in [5, 5.41) is 3.48. The van der Waals surface area contributed by atoms with Gasteiger partial charge in [0.25, 0.3) is 0 Å². The maximum absolute atomic E-state index is 5.78. The summed E-state index contributed by atoms with van der Waals surface area (Å²) in [7, 11) is 0. The van der Waals surface area contributed by atoms with Crippen LogP contribution in [0, 0.1) is 6.92 Å². The number of aryl methyl sites for hydroxylation is 1. The van der Waals surface area contributed by atoms with Gasteiger partial charge in [-0.3, -0.25) is 15.0 Å². The van der Waals surface area contributed by atoms with Crippen molar-refractivity contribution >= 4 is 41.1 Å². The molecule has 144 valence electrons. The Balaban J connectivity index is 1.85. The first-order chi connectivity index (χ1) is 13.6. The lowest BCUT2D eigenvalue weighted by Crippen LogP contribution is -2.14. The summed E-state index contributed by atoms with van der Waals surface area (Å²) in [5.74, 6) is 0.884. The summed E-state index contributed by atoms with van der Waals surface area (Å²) < 4.78 is 5.78. The van der Waals surface area contributed by atoms with Gasteiger partial charge >= 0.3 is 0 Å². The molecule has 0 amide bonds. The van der Waals surface area contributed by atoms with Crippen molar-refractivity contribution in [3.63, 3.8) is 0 Å². The van der Waals surface area contributed by atoms with Crippen molar-refractivity contribution in [2.75, 3.05) is 18.4 Å². The van der Waals surface area contributed by atoms with Crippen molar-refractivity contribution in [2.24, 2.45) is 15.0 Å². The Morgan fingerprint density at radius 2 is 2.00 bits per heavy atom. The molecule has 3 rings (SSSR count). The number of benzene rings is 2. The van der Waals surface area contributed by atoms with Gasteiger partial charge in [0.2, 0.25) is 0 Å². The predicted molar refractivity (Wildman–Crippen MR) is 120 cm³/mol. The van der Waals surface area contributed by atoms with E-state index in [0.29, 0.717) is 13.1 Å². The minimum Gasteiger partial charge on any atom is -0.445 e. The fourth-order valence-corrected chi connectivity index (χ4v) is 3.03. The molecule has 0 saturated heterocycles. The monoisotopic (exact) mass is 374 g/mol. The van der Waals surface area contributed by atoms with E-state index in [-0.39, 0.29) is 0 Å². The first kappa shape index (κ1) is 19.5. The zero-order valence-electron chi connectivity index (χ0n) is 16.9. The number of nitrogens with zero attached hydrogens (tertiary/aromatic N) is 3. The van der Waals surface area contributed by atoms with Gasteiger partial charge < -0.3 is 10.1 Å². The highest BCUT2D eigenvalue weighted by atomic mass is 16.5. The maximum atomic E-state index is 5.78. The summed E-state index contributed by atoms with van der Waals surface area (Å²) in [4.78, 5) is 13.3. The number of anilines is 1. The van der Waals surface area contributed by atoms with Gasteiger partial charge in [-0.25, -0.2) is 0 Å². The van der Waals surface area contributed by atoms with Gasteiger partial charge in [-0.15, -0.1) is 0 Å². The third-order valence-electron chi connectivity index (χ3n) is 4.33. The van der Waals surface area contributed by atoms with Gasteiger partial charge in [0.15, 0.2) is 6.40 Å². The molecule has 0 aliphatic carbocycles. The zero-order chi connectivity index (χ0) is 19.9. The van der Waals surface area contributed by atoms with Crippen molar-refractivity contribution in [2.45, 2.75) is 27.7 Å². The van der Waals surface area contributed by atoms with Crippen molar-refractivity contribution in [3.05, 3.63) is 59.2 Å². The molecule has 1 heterocycles. The zero-order valence-corrected chi connectivity index (χ0v) is 16.9. The lowest BCUT2D eigenvalue weighted by molar-refractivity contribution is 0.510. The molecule has 1 aliphatic heterocycles. The van der Waals surface area contributed by atoms with Crippen LogP contribution >= 0.6 is 0 Å². The van der Waals surface area contributed by atoms with Crippen molar-refractivity contribution in [1.82, 2.24) is 0 Å². The first-order valence-electron chi connectivity index (χ1n) is 9.40. The molecule has 2 aromatic rings. The Morgan fingerprint density at radius 3 is 2.75 bits per heavy atom. The van der Waals surface area contributed by atoms with Gasteiger partial charge in [0.1, 0.15) is 5.76 Å². The van der Waals surface area contributed by atoms with E-state index < -0.39 is 0 Å². The third-order valence-corrected chi connectivity index (χ3v) is 4.33. The Bertz CT molecular complexity index is 966. The van der Waals surface area contributed by atoms with Crippen LogP contribution in [-0.2, 0) is 4.74 Å². The fraction of sp³-hybridized carbons (Fsp3) is 0.261. The van der Waals surface area contributed by atoms with Gasteiger partial charge in [-0.1, -0.05) is 24.3 Å². The van der Waals surface area contributed by atoms with E-state index >= 15 is 0 Å². The SMILES string of the molecule is CC=Nc1cc(NCC2=C(c3ccccc3C)OC=NC2)ccc1N=C(C)C. The predicted octanol–water partition coefficient (Wildman–Crippen LogP) is 5.71. The van der Waals surface area contributed by atoms with E-state index in [4.69, 9.17) is 4.74 Å². The number of nitrogens with one attached hydrogen (secondary N) is 1. The quantitative estimate of drug-likeness (QED) is 0.658. The van der Waals surface area contributed by atoms with Crippen LogP contribution in [0.2, 0.25) is 0 Å². The van der Waals surface area contributed by atoms with Crippen LogP contribution in [0.1, 0.15) is 31.9 Å². The molecule has 0 fully saturated rings. The second-order valence-electron chi connectivity index (χ2n) is 6.81. The average molecular weight is 374 g/mol. The van der Waals surface area contributed by atoms with Crippen LogP contribution < -0.4 is 5.32 Å². The standard InChI is InChI=1S/C23H26N4O/c1-5-25-22-12-19(10-11-21(22)27-16(2)3)26-14-18-13-24-15-28-23(18)20-9-7-6-8-17(20)4/h5-12,15,26H,13-14H2,1-4H3. The Morgan fingerprint density at radius 1 is 1.18 bits per heavy atom. The molecule has 5 heteroatoms. The normalized spacial score (nSPS) is 13.6. The summed E-state index contributed by atoms with van der Waals surface area (Å²) in [6.07, 6.45) is 3.31. The number of rotatable bonds is 6. The van der Waals surface area contributed by atoms with Gasteiger partial charge in [0, 0.05) is 35.3 Å². The van der Waals surface area contributed by atoms with Crippen LogP contribution in [-0.4, -0.2) is 31.4 Å². The summed E-state index contributed by atoms with van der Waals surface area (Å²) in [6.45, 7) is 9.22. The lowest BCUT2D eigenvalue weighted by Gasteiger charge is -2.19. The van der Waals surface area contributed by atoms with Crippen molar-refractivity contribution < 1.29 is 4.74 Å². The van der Waals surface area contributed by atoms with Crippen molar-refractivity contribution in [1.29, 1.82) is 0 Å². The lowest BCUT2D eigenvalue weighted by atomic mass is 10.0. The smallest absolute Gasteiger partial charge is 0.176 e. The van der Waals surface area contributed by atoms with Crippen LogP contribution in [0.5, 0.6) is 0 Å². The molecule has 0 spiro atoms. The molecule has 28 heavy (non-hydrogen) atoms. The topological polar surface area (TPSA) is 58.3 Å². The maximum Gasteiger partial charge on any atom is 0.176 e. The van der Waals surface area contributed by atoms with Crippen LogP contribution in [0.25, 0.3) is 5.76 Å². The molecule has 1 N–H and O–H groups in total. The highest BCUT2D eigenvalue weighted by molar-refractivity contribution is 5.85. The average Bonchev–Trinajstić information content (AvgIpc) is 2.69. The van der Waals surface area contributed by atoms with Crippen LogP contribution in [0.3, 0.4) is 0 Å². The molecule has 2 aromatic carbocycles. The molecular weight excluding hydrogens is 348 g/mol. The van der Waals surface area contributed by atoms with Crippen LogP contribution in [0.15, 0.2) is 63.0 Å². The second-order valence-corrected chi connectivity index (χ2v) is 6.81. The molecule has 0 atom stereocenters. The Labute approximate surface area is 166 Å². The molecule has 0 saturated carbocycles. The second kappa shape index (κ2) is 9.13. The van der Waals surface area contributed by atoms with Gasteiger partial charge in [0.05, 0.1) is 17.9 Å². The van der Waals surface area contributed by atoms with E-state index in [0.717, 1.165) is 39.7 Å². The van der Waals surface area contributed by atoms with E-state index in [1.807, 2.05) is 51.1 Å². The highest BCUT2D eigenvalue weighted by Gasteiger charge is 2.15. The Hall–Kier alpha value is -3.21. The van der Waals surface area contributed by atoms with Crippen molar-refractivity contribution in [3.8, 4) is 0 Å². The van der Waals surface area contributed by atoms with E-state index in [9.17, 15) is 0 Å². The highest BCUT2D eigenvalue weighted by Crippen LogP contribution is 2.32. The largest absolute Gasteiger partial charge is 0.445 e. The molecule has 1 aliphatic rings. The van der Waals surface area contributed by atoms with E-state index in [1.54, 1.807) is 6.21 Å².